The average Bonchev–Trinajstić information content (AvgIpc) is 2.70. The molecule has 164 valence electrons. The van der Waals surface area contributed by atoms with E-state index >= 15 is 0 Å². The third-order valence-electron chi connectivity index (χ3n) is 4.84. The molecule has 0 bridgehead atoms. The molecule has 0 radical (unpaired) electrons. The predicted octanol–water partition coefficient (Wildman–Crippen LogP) is 2.88. The molecule has 0 aromatic heterocycles. The van der Waals surface area contributed by atoms with Crippen LogP contribution in [-0.2, 0) is 16.4 Å². The van der Waals surface area contributed by atoms with Crippen LogP contribution in [0.3, 0.4) is 0 Å². The first-order valence-electron chi connectivity index (χ1n) is 9.22. The zero-order chi connectivity index (χ0) is 21.0. The van der Waals surface area contributed by atoms with Crippen molar-refractivity contribution in [1.29, 1.82) is 0 Å². The molecule has 1 fully saturated rings. The van der Waals surface area contributed by atoms with Gasteiger partial charge in [0.25, 0.3) is 0 Å². The van der Waals surface area contributed by atoms with Crippen LogP contribution in [-0.4, -0.2) is 58.8 Å². The zero-order valence-electron chi connectivity index (χ0n) is 16.8. The number of nitrogens with zero attached hydrogens (tertiary/aromatic N) is 3. The fourth-order valence-corrected chi connectivity index (χ4v) is 3.89. The largest absolute Gasteiger partial charge is 0.366 e. The number of hydrogen-bond donors (Lipinski definition) is 1. The van der Waals surface area contributed by atoms with Crippen LogP contribution in [0.2, 0.25) is 0 Å². The van der Waals surface area contributed by atoms with Gasteiger partial charge in [-0.15, -0.1) is 24.0 Å². The van der Waals surface area contributed by atoms with Crippen LogP contribution in [0.5, 0.6) is 0 Å². The molecular formula is C20H25F2IN4O2S. The van der Waals surface area contributed by atoms with E-state index in [4.69, 9.17) is 0 Å². The van der Waals surface area contributed by atoms with Gasteiger partial charge in [0.05, 0.1) is 10.6 Å². The Balaban J connectivity index is 0.00000320. The minimum Gasteiger partial charge on any atom is -0.366 e. The number of halogens is 3. The lowest BCUT2D eigenvalue weighted by Crippen LogP contribution is -2.52. The Bertz CT molecular complexity index is 992. The molecule has 1 N–H and O–H groups in total. The molecule has 0 spiro atoms. The minimum absolute atomic E-state index is 0. The van der Waals surface area contributed by atoms with Gasteiger partial charge in [0.2, 0.25) is 0 Å². The van der Waals surface area contributed by atoms with E-state index in [2.05, 4.69) is 15.2 Å². The summed E-state index contributed by atoms with van der Waals surface area (Å²) in [4.78, 5) is 8.46. The van der Waals surface area contributed by atoms with Crippen LogP contribution in [0.15, 0.2) is 52.4 Å². The molecule has 1 aliphatic rings. The Kier molecular flexibility index (Phi) is 8.42. The summed E-state index contributed by atoms with van der Waals surface area (Å²) >= 11 is 0. The Morgan fingerprint density at radius 3 is 2.27 bits per heavy atom. The summed E-state index contributed by atoms with van der Waals surface area (Å²) in [6.45, 7) is 2.81. The second kappa shape index (κ2) is 10.4. The molecule has 3 rings (SSSR count). The van der Waals surface area contributed by atoms with Crippen molar-refractivity contribution < 1.29 is 17.2 Å². The van der Waals surface area contributed by atoms with E-state index < -0.39 is 21.5 Å². The quantitative estimate of drug-likeness (QED) is 0.361. The summed E-state index contributed by atoms with van der Waals surface area (Å²) in [5.41, 5.74) is 1.21. The molecule has 10 heteroatoms. The fourth-order valence-electron chi connectivity index (χ4n) is 3.26. The highest BCUT2D eigenvalue weighted by Crippen LogP contribution is 2.22. The van der Waals surface area contributed by atoms with Crippen molar-refractivity contribution in [3.8, 4) is 0 Å². The number of rotatable bonds is 4. The third kappa shape index (κ3) is 6.03. The second-order valence-electron chi connectivity index (χ2n) is 6.89. The number of anilines is 1. The lowest BCUT2D eigenvalue weighted by molar-refractivity contribution is 0.370. The Morgan fingerprint density at radius 2 is 1.70 bits per heavy atom. The van der Waals surface area contributed by atoms with Gasteiger partial charge in [-0.1, -0.05) is 12.1 Å². The smallest absolute Gasteiger partial charge is 0.194 e. The molecule has 2 aromatic carbocycles. The van der Waals surface area contributed by atoms with Crippen LogP contribution < -0.4 is 10.2 Å². The number of hydrogen-bond acceptors (Lipinski definition) is 4. The van der Waals surface area contributed by atoms with Gasteiger partial charge in [-0.05, 0) is 29.8 Å². The first kappa shape index (κ1) is 24.3. The van der Waals surface area contributed by atoms with Crippen molar-refractivity contribution in [1.82, 2.24) is 10.2 Å². The Labute approximate surface area is 192 Å². The molecule has 1 saturated heterocycles. The lowest BCUT2D eigenvalue weighted by Gasteiger charge is -2.37. The summed E-state index contributed by atoms with van der Waals surface area (Å²) in [6.07, 6.45) is 1.18. The Hall–Kier alpha value is -1.95. The maximum Gasteiger partial charge on any atom is 0.194 e. The summed E-state index contributed by atoms with van der Waals surface area (Å²) in [5.74, 6) is -0.181. The minimum atomic E-state index is -3.21. The number of piperazine rings is 1. The van der Waals surface area contributed by atoms with Gasteiger partial charge in [-0.2, -0.15) is 0 Å². The molecule has 1 heterocycles. The lowest BCUT2D eigenvalue weighted by atomic mass is 10.2. The van der Waals surface area contributed by atoms with Crippen LogP contribution in [0, 0.1) is 11.6 Å². The highest BCUT2D eigenvalue weighted by Gasteiger charge is 2.22. The number of nitrogens with one attached hydrogen (secondary N) is 1. The first-order chi connectivity index (χ1) is 13.8. The molecule has 0 saturated carbocycles. The van der Waals surface area contributed by atoms with Gasteiger partial charge >= 0.3 is 0 Å². The Morgan fingerprint density at radius 1 is 1.07 bits per heavy atom. The molecule has 2 aromatic rings. The third-order valence-corrected chi connectivity index (χ3v) is 5.97. The highest BCUT2D eigenvalue weighted by atomic mass is 127. The van der Waals surface area contributed by atoms with Gasteiger partial charge in [-0.25, -0.2) is 17.2 Å². The van der Waals surface area contributed by atoms with Gasteiger partial charge in [0.1, 0.15) is 11.6 Å². The van der Waals surface area contributed by atoms with Crippen molar-refractivity contribution in [2.24, 2.45) is 4.99 Å². The number of benzene rings is 2. The normalized spacial score (nSPS) is 15.0. The topological polar surface area (TPSA) is 65.0 Å². The van der Waals surface area contributed by atoms with Crippen LogP contribution >= 0.6 is 24.0 Å². The SMILES string of the molecule is CN=C(NCc1ccc(S(C)(=O)=O)cc1)N1CCN(c2cc(F)ccc2F)CC1.I. The summed E-state index contributed by atoms with van der Waals surface area (Å²) < 4.78 is 50.5. The zero-order valence-corrected chi connectivity index (χ0v) is 20.0. The number of sulfone groups is 1. The van der Waals surface area contributed by atoms with E-state index in [1.807, 2.05) is 4.90 Å². The predicted molar refractivity (Wildman–Crippen MR) is 125 cm³/mol. The van der Waals surface area contributed by atoms with Crippen molar-refractivity contribution in [3.63, 3.8) is 0 Å². The maximum absolute atomic E-state index is 14.0. The van der Waals surface area contributed by atoms with Gasteiger partial charge < -0.3 is 15.1 Å². The van der Waals surface area contributed by atoms with Gasteiger partial charge in [-0.3, -0.25) is 4.99 Å². The van der Waals surface area contributed by atoms with Gasteiger partial charge in [0.15, 0.2) is 15.8 Å². The average molecular weight is 550 g/mol. The molecule has 0 aliphatic carbocycles. The number of aliphatic imine (C=N–C) groups is 1. The molecule has 1 aliphatic heterocycles. The van der Waals surface area contributed by atoms with Crippen LogP contribution in [0.25, 0.3) is 0 Å². The van der Waals surface area contributed by atoms with E-state index in [0.717, 1.165) is 17.7 Å². The molecule has 6 nitrogen and oxygen atoms in total. The number of guanidine groups is 1. The first-order valence-corrected chi connectivity index (χ1v) is 11.1. The monoisotopic (exact) mass is 550 g/mol. The van der Waals surface area contributed by atoms with Crippen molar-refractivity contribution >= 4 is 45.5 Å². The maximum atomic E-state index is 14.0. The highest BCUT2D eigenvalue weighted by molar-refractivity contribution is 14.0. The van der Waals surface area contributed by atoms with E-state index in [1.54, 1.807) is 31.3 Å². The van der Waals surface area contributed by atoms with Crippen LogP contribution in [0.1, 0.15) is 5.56 Å². The molecule has 0 atom stereocenters. The fraction of sp³-hybridized carbons (Fsp3) is 0.350. The van der Waals surface area contributed by atoms with Gasteiger partial charge in [0, 0.05) is 52.1 Å². The van der Waals surface area contributed by atoms with E-state index in [1.165, 1.54) is 12.3 Å². The van der Waals surface area contributed by atoms with Crippen molar-refractivity contribution in [2.45, 2.75) is 11.4 Å². The van der Waals surface area contributed by atoms with Crippen LogP contribution in [0.4, 0.5) is 14.5 Å². The summed E-state index contributed by atoms with van der Waals surface area (Å²) in [6, 6.07) is 10.2. The van der Waals surface area contributed by atoms with E-state index in [-0.39, 0.29) is 34.6 Å². The molecule has 30 heavy (non-hydrogen) atoms. The van der Waals surface area contributed by atoms with E-state index in [0.29, 0.717) is 38.7 Å². The summed E-state index contributed by atoms with van der Waals surface area (Å²) in [7, 11) is -1.53. The van der Waals surface area contributed by atoms with E-state index in [9.17, 15) is 17.2 Å². The summed E-state index contributed by atoms with van der Waals surface area (Å²) in [5, 5.41) is 3.26. The molecule has 0 amide bonds. The van der Waals surface area contributed by atoms with Crippen molar-refractivity contribution in [3.05, 3.63) is 59.7 Å². The second-order valence-corrected chi connectivity index (χ2v) is 8.90. The van der Waals surface area contributed by atoms with Crippen molar-refractivity contribution in [2.75, 3.05) is 44.4 Å². The molecule has 0 unspecified atom stereocenters. The molecular weight excluding hydrogens is 525 g/mol. The standard InChI is InChI=1S/C20H24F2N4O2S.HI/c1-23-20(24-14-15-3-6-17(7-4-15)29(2,27)28)26-11-9-25(10-12-26)19-13-16(21)5-8-18(19)22;/h3-8,13H,9-12,14H2,1-2H3,(H,23,24);1H.